The number of nitrogens with zero attached hydrogens (tertiary/aromatic N) is 2. The summed E-state index contributed by atoms with van der Waals surface area (Å²) in [5.41, 5.74) is 0.939. The van der Waals surface area contributed by atoms with E-state index in [4.69, 9.17) is 4.42 Å². The molecule has 6 nitrogen and oxygen atoms in total. The van der Waals surface area contributed by atoms with Crippen molar-refractivity contribution in [2.45, 2.75) is 12.8 Å². The van der Waals surface area contributed by atoms with Gasteiger partial charge in [0.2, 0.25) is 5.91 Å². The van der Waals surface area contributed by atoms with Crippen LogP contribution in [0.25, 0.3) is 11.3 Å². The van der Waals surface area contributed by atoms with Crippen LogP contribution in [0.1, 0.15) is 12.3 Å². The van der Waals surface area contributed by atoms with E-state index < -0.39 is 0 Å². The first kappa shape index (κ1) is 14.8. The number of pyridine rings is 1. The zero-order valence-corrected chi connectivity index (χ0v) is 12.3. The van der Waals surface area contributed by atoms with Crippen LogP contribution in [0, 0.1) is 0 Å². The highest BCUT2D eigenvalue weighted by Gasteiger charge is 2.10. The van der Waals surface area contributed by atoms with E-state index in [0.29, 0.717) is 18.1 Å². The number of rotatable bonds is 5. The average Bonchev–Trinajstić information content (AvgIpc) is 3.05. The molecule has 0 spiro atoms. The molecule has 2 aromatic heterocycles. The van der Waals surface area contributed by atoms with Gasteiger partial charge in [0.15, 0.2) is 23.2 Å². The Morgan fingerprint density at radius 2 is 1.96 bits per heavy atom. The van der Waals surface area contributed by atoms with Crippen molar-refractivity contribution >= 4 is 11.7 Å². The van der Waals surface area contributed by atoms with E-state index >= 15 is 0 Å². The molecule has 0 saturated heterocycles. The second kappa shape index (κ2) is 6.74. The largest absolute Gasteiger partial charge is 0.504 e. The average molecular weight is 309 g/mol. The van der Waals surface area contributed by atoms with Crippen LogP contribution < -0.4 is 5.32 Å². The van der Waals surface area contributed by atoms with E-state index in [-0.39, 0.29) is 23.9 Å². The normalized spacial score (nSPS) is 10.4. The van der Waals surface area contributed by atoms with Gasteiger partial charge < -0.3 is 14.8 Å². The van der Waals surface area contributed by atoms with Gasteiger partial charge in [0.05, 0.1) is 6.20 Å². The molecule has 0 aliphatic rings. The summed E-state index contributed by atoms with van der Waals surface area (Å²) in [5, 5.41) is 12.1. The van der Waals surface area contributed by atoms with Gasteiger partial charge in [0, 0.05) is 24.6 Å². The van der Waals surface area contributed by atoms with E-state index in [1.54, 1.807) is 12.3 Å². The second-order valence-electron chi connectivity index (χ2n) is 4.90. The molecule has 0 unspecified atom stereocenters. The molecule has 3 aromatic rings. The van der Waals surface area contributed by atoms with Crippen LogP contribution in [0.15, 0.2) is 59.3 Å². The van der Waals surface area contributed by atoms with Crippen molar-refractivity contribution in [2.75, 3.05) is 5.32 Å². The summed E-state index contributed by atoms with van der Waals surface area (Å²) in [6, 6.07) is 12.7. The Morgan fingerprint density at radius 3 is 2.74 bits per heavy atom. The third-order valence-electron chi connectivity index (χ3n) is 3.22. The summed E-state index contributed by atoms with van der Waals surface area (Å²) in [4.78, 5) is 20.0. The van der Waals surface area contributed by atoms with E-state index in [1.807, 2.05) is 30.3 Å². The molecule has 1 amide bonds. The van der Waals surface area contributed by atoms with Crippen LogP contribution in [0.5, 0.6) is 5.75 Å². The van der Waals surface area contributed by atoms with Gasteiger partial charge in [-0.2, -0.15) is 0 Å². The number of oxazole rings is 1. The van der Waals surface area contributed by atoms with Crippen molar-refractivity contribution in [3.8, 4) is 17.1 Å². The maximum absolute atomic E-state index is 11.9. The lowest BCUT2D eigenvalue weighted by molar-refractivity contribution is -0.116. The highest BCUT2D eigenvalue weighted by molar-refractivity contribution is 5.91. The van der Waals surface area contributed by atoms with E-state index in [2.05, 4.69) is 15.3 Å². The third kappa shape index (κ3) is 3.74. The fourth-order valence-corrected chi connectivity index (χ4v) is 2.07. The van der Waals surface area contributed by atoms with Crippen LogP contribution in [-0.4, -0.2) is 21.0 Å². The quantitative estimate of drug-likeness (QED) is 0.756. The fraction of sp³-hybridized carbons (Fsp3) is 0.118. The minimum atomic E-state index is -0.265. The summed E-state index contributed by atoms with van der Waals surface area (Å²) >= 11 is 0. The Hall–Kier alpha value is -3.15. The topological polar surface area (TPSA) is 88.3 Å². The Balaban J connectivity index is 1.58. The molecule has 3 rings (SSSR count). The molecule has 116 valence electrons. The SMILES string of the molecule is O=C(CCc1ncc(-c2ccccc2)o1)Nc1ncccc1O. The smallest absolute Gasteiger partial charge is 0.226 e. The van der Waals surface area contributed by atoms with Crippen molar-refractivity contribution in [3.05, 3.63) is 60.7 Å². The number of hydrogen-bond donors (Lipinski definition) is 2. The van der Waals surface area contributed by atoms with Crippen LogP contribution in [-0.2, 0) is 11.2 Å². The van der Waals surface area contributed by atoms with E-state index in [9.17, 15) is 9.90 Å². The molecule has 0 aliphatic heterocycles. The molecular formula is C17H15N3O3. The number of anilines is 1. The van der Waals surface area contributed by atoms with Gasteiger partial charge in [-0.3, -0.25) is 4.79 Å². The zero-order valence-electron chi connectivity index (χ0n) is 12.3. The number of aromatic hydroxyl groups is 1. The lowest BCUT2D eigenvalue weighted by Crippen LogP contribution is -2.13. The second-order valence-corrected chi connectivity index (χ2v) is 4.90. The van der Waals surface area contributed by atoms with Gasteiger partial charge in [0.25, 0.3) is 0 Å². The Kier molecular flexibility index (Phi) is 4.33. The minimum absolute atomic E-state index is 0.0664. The highest BCUT2D eigenvalue weighted by atomic mass is 16.4. The molecule has 23 heavy (non-hydrogen) atoms. The predicted molar refractivity (Wildman–Crippen MR) is 84.8 cm³/mol. The van der Waals surface area contributed by atoms with Gasteiger partial charge in [-0.15, -0.1) is 0 Å². The molecule has 2 heterocycles. The van der Waals surface area contributed by atoms with Crippen molar-refractivity contribution in [3.63, 3.8) is 0 Å². The Labute approximate surface area is 132 Å². The number of benzene rings is 1. The number of carbonyl (C=O) groups is 1. The monoisotopic (exact) mass is 309 g/mol. The first-order chi connectivity index (χ1) is 11.2. The minimum Gasteiger partial charge on any atom is -0.504 e. The predicted octanol–water partition coefficient (Wildman–Crippen LogP) is 3.01. The standard InChI is InChI=1S/C17H15N3O3/c21-13-7-4-10-18-17(13)20-15(22)8-9-16-19-11-14(23-16)12-5-2-1-3-6-12/h1-7,10-11,21H,8-9H2,(H,18,20,22). The number of aromatic nitrogens is 2. The summed E-state index contributed by atoms with van der Waals surface area (Å²) in [7, 11) is 0. The van der Waals surface area contributed by atoms with E-state index in [1.165, 1.54) is 12.3 Å². The number of aryl methyl sites for hydroxylation is 1. The van der Waals surface area contributed by atoms with Crippen LogP contribution in [0.2, 0.25) is 0 Å². The summed E-state index contributed by atoms with van der Waals surface area (Å²) < 4.78 is 5.64. The van der Waals surface area contributed by atoms with Crippen molar-refractivity contribution < 1.29 is 14.3 Å². The Bertz CT molecular complexity index is 800. The van der Waals surface area contributed by atoms with Crippen LogP contribution >= 0.6 is 0 Å². The lowest BCUT2D eigenvalue weighted by atomic mass is 10.2. The number of nitrogens with one attached hydrogen (secondary N) is 1. The molecular weight excluding hydrogens is 294 g/mol. The number of amides is 1. The molecule has 1 aromatic carbocycles. The molecule has 0 saturated carbocycles. The molecule has 0 atom stereocenters. The van der Waals surface area contributed by atoms with Gasteiger partial charge in [-0.05, 0) is 12.1 Å². The maximum Gasteiger partial charge on any atom is 0.226 e. The molecule has 0 aliphatic carbocycles. The highest BCUT2D eigenvalue weighted by Crippen LogP contribution is 2.21. The fourth-order valence-electron chi connectivity index (χ4n) is 2.07. The summed E-state index contributed by atoms with van der Waals surface area (Å²) in [6.07, 6.45) is 3.69. The maximum atomic E-state index is 11.9. The lowest BCUT2D eigenvalue weighted by Gasteiger charge is -2.04. The molecule has 0 fully saturated rings. The first-order valence-corrected chi connectivity index (χ1v) is 7.16. The van der Waals surface area contributed by atoms with Crippen LogP contribution in [0.4, 0.5) is 5.82 Å². The molecule has 2 N–H and O–H groups in total. The molecule has 0 bridgehead atoms. The van der Waals surface area contributed by atoms with E-state index in [0.717, 1.165) is 5.56 Å². The van der Waals surface area contributed by atoms with Crippen molar-refractivity contribution in [2.24, 2.45) is 0 Å². The van der Waals surface area contributed by atoms with Crippen molar-refractivity contribution in [1.82, 2.24) is 9.97 Å². The number of hydrogen-bond acceptors (Lipinski definition) is 5. The third-order valence-corrected chi connectivity index (χ3v) is 3.22. The van der Waals surface area contributed by atoms with Gasteiger partial charge in [0.1, 0.15) is 0 Å². The van der Waals surface area contributed by atoms with Gasteiger partial charge >= 0.3 is 0 Å². The molecule has 6 heteroatoms. The van der Waals surface area contributed by atoms with Gasteiger partial charge in [-0.25, -0.2) is 9.97 Å². The summed E-state index contributed by atoms with van der Waals surface area (Å²) in [5.74, 6) is 0.976. The van der Waals surface area contributed by atoms with Crippen molar-refractivity contribution in [1.29, 1.82) is 0 Å². The number of carbonyl (C=O) groups excluding carboxylic acids is 1. The van der Waals surface area contributed by atoms with Crippen LogP contribution in [0.3, 0.4) is 0 Å². The zero-order chi connectivity index (χ0) is 16.1. The molecule has 0 radical (unpaired) electrons. The first-order valence-electron chi connectivity index (χ1n) is 7.16. The summed E-state index contributed by atoms with van der Waals surface area (Å²) in [6.45, 7) is 0. The Morgan fingerprint density at radius 1 is 1.13 bits per heavy atom. The van der Waals surface area contributed by atoms with Gasteiger partial charge in [-0.1, -0.05) is 30.3 Å².